The molecule has 3 N–H and O–H groups in total. The highest BCUT2D eigenvalue weighted by Gasteiger charge is 2.64. The number of rotatable bonds is 27. The van der Waals surface area contributed by atoms with Gasteiger partial charge in [-0.25, -0.2) is 4.79 Å². The van der Waals surface area contributed by atoms with Crippen molar-refractivity contribution in [3.63, 3.8) is 0 Å². The third kappa shape index (κ3) is 13.7. The van der Waals surface area contributed by atoms with Crippen LogP contribution >= 0.6 is 0 Å². The zero-order valence-corrected chi connectivity index (χ0v) is 52.5. The number of aliphatic hydroxyl groups excluding tert-OH is 2. The Kier molecular flexibility index (Phi) is 21.7. The minimum Gasteiger partial charge on any atom is -0.461 e. The van der Waals surface area contributed by atoms with E-state index in [1.165, 1.54) is 127 Å². The van der Waals surface area contributed by atoms with Crippen molar-refractivity contribution in [1.82, 2.24) is 5.32 Å². The van der Waals surface area contributed by atoms with Crippen LogP contribution in [-0.4, -0.2) is 58.5 Å². The first kappa shape index (κ1) is 62.8. The molecule has 6 fully saturated rings. The molecular weight excluding hydrogens is 979 g/mol. The fourth-order valence-corrected chi connectivity index (χ4v) is 20.6. The molecule has 0 aromatic rings. The molecule has 8 nitrogen and oxygen atoms in total. The average molecular weight is 1100 g/mol. The SMILES string of the molecule is CCCCCCCCCCCC(=O)N[C@@H](CCC(=O)OC1C[C@H](O)CC2=CC[C@H]3[C@@H]4CC[C@H]([C@H](C)CCCC(C)C)[C@@]4(C)CC[C@@H]3[C@]21C)C(=O)OC1C[C@H](O)CC2=CC[C@H]3[C@@H]4CC[C@H]([C@H](C)CCCC(C)C)[C@@]4(C)CC[C@@H]3[C@]21C. The monoisotopic (exact) mass is 1100 g/mol. The van der Waals surface area contributed by atoms with E-state index in [0.29, 0.717) is 78.4 Å². The van der Waals surface area contributed by atoms with E-state index in [4.69, 9.17) is 9.47 Å². The predicted molar refractivity (Wildman–Crippen MR) is 322 cm³/mol. The van der Waals surface area contributed by atoms with Crippen molar-refractivity contribution >= 4 is 17.8 Å². The summed E-state index contributed by atoms with van der Waals surface area (Å²) < 4.78 is 13.5. The van der Waals surface area contributed by atoms with E-state index in [0.717, 1.165) is 80.5 Å². The van der Waals surface area contributed by atoms with Crippen LogP contribution in [0.2, 0.25) is 0 Å². The molecule has 8 aliphatic carbocycles. The molecule has 0 saturated heterocycles. The second-order valence-electron chi connectivity index (χ2n) is 30.6. The summed E-state index contributed by atoms with van der Waals surface area (Å²) in [5.41, 5.74) is 2.37. The number of carbonyl (C=O) groups excluding carboxylic acids is 3. The number of esters is 2. The third-order valence-electron chi connectivity index (χ3n) is 25.0. The lowest BCUT2D eigenvalue weighted by atomic mass is 9.46. The van der Waals surface area contributed by atoms with Gasteiger partial charge in [0.2, 0.25) is 5.91 Å². The number of nitrogens with one attached hydrogen (secondary N) is 1. The smallest absolute Gasteiger partial charge is 0.328 e. The molecule has 8 heteroatoms. The summed E-state index contributed by atoms with van der Waals surface area (Å²) in [4.78, 5) is 43.4. The summed E-state index contributed by atoms with van der Waals surface area (Å²) in [6.45, 7) is 26.6. The molecule has 0 bridgehead atoms. The Morgan fingerprint density at radius 1 is 0.557 bits per heavy atom. The lowest BCUT2D eigenvalue weighted by Gasteiger charge is -2.60. The van der Waals surface area contributed by atoms with Gasteiger partial charge in [0.1, 0.15) is 18.2 Å². The van der Waals surface area contributed by atoms with Crippen molar-refractivity contribution in [3.8, 4) is 0 Å². The normalized spacial score (nSPS) is 38.7. The number of carbonyl (C=O) groups is 3. The number of fused-ring (bicyclic) bond motifs is 10. The van der Waals surface area contributed by atoms with E-state index in [1.807, 2.05) is 0 Å². The van der Waals surface area contributed by atoms with Crippen molar-refractivity contribution in [1.29, 1.82) is 0 Å². The van der Waals surface area contributed by atoms with Crippen LogP contribution in [0.15, 0.2) is 23.3 Å². The molecule has 0 heterocycles. The molecule has 8 aliphatic rings. The van der Waals surface area contributed by atoms with E-state index in [9.17, 15) is 19.8 Å². The zero-order valence-electron chi connectivity index (χ0n) is 52.5. The van der Waals surface area contributed by atoms with Crippen LogP contribution in [0.5, 0.6) is 0 Å². The zero-order chi connectivity index (χ0) is 56.9. The Balaban J connectivity index is 0.952. The second-order valence-corrected chi connectivity index (χ2v) is 30.6. The number of unbranched alkanes of at least 4 members (excludes halogenated alkanes) is 8. The van der Waals surface area contributed by atoms with Crippen LogP contribution in [0.4, 0.5) is 0 Å². The van der Waals surface area contributed by atoms with Gasteiger partial charge in [0, 0.05) is 36.5 Å². The molecule has 0 aromatic carbocycles. The molecule has 450 valence electrons. The Bertz CT molecular complexity index is 2080. The van der Waals surface area contributed by atoms with Gasteiger partial charge in [-0.2, -0.15) is 0 Å². The largest absolute Gasteiger partial charge is 0.461 e. The van der Waals surface area contributed by atoms with E-state index in [-0.39, 0.29) is 30.1 Å². The van der Waals surface area contributed by atoms with E-state index in [1.54, 1.807) is 0 Å². The van der Waals surface area contributed by atoms with Gasteiger partial charge in [0.25, 0.3) is 0 Å². The third-order valence-corrected chi connectivity index (χ3v) is 25.0. The molecule has 1 amide bonds. The minimum atomic E-state index is -1.02. The van der Waals surface area contributed by atoms with Gasteiger partial charge in [0.15, 0.2) is 0 Å². The molecule has 8 rings (SSSR count). The Hall–Kier alpha value is -2.19. The van der Waals surface area contributed by atoms with Gasteiger partial charge in [-0.05, 0) is 172 Å². The van der Waals surface area contributed by atoms with E-state index >= 15 is 4.79 Å². The Morgan fingerprint density at radius 3 is 1.48 bits per heavy atom. The molecule has 0 spiro atoms. The summed E-state index contributed by atoms with van der Waals surface area (Å²) in [5.74, 6) is 6.44. The summed E-state index contributed by atoms with van der Waals surface area (Å²) in [5, 5.41) is 26.0. The second kappa shape index (κ2) is 27.2. The fourth-order valence-electron chi connectivity index (χ4n) is 20.6. The highest BCUT2D eigenvalue weighted by molar-refractivity contribution is 5.85. The molecule has 2 unspecified atom stereocenters. The van der Waals surface area contributed by atoms with Crippen LogP contribution in [0, 0.1) is 92.7 Å². The average Bonchev–Trinajstić information content (AvgIpc) is 3.47. The van der Waals surface area contributed by atoms with Crippen molar-refractivity contribution in [2.75, 3.05) is 0 Å². The number of hydrogen-bond acceptors (Lipinski definition) is 7. The lowest BCUT2D eigenvalue weighted by molar-refractivity contribution is -0.173. The van der Waals surface area contributed by atoms with Gasteiger partial charge < -0.3 is 25.0 Å². The number of allylic oxidation sites excluding steroid dienone is 2. The van der Waals surface area contributed by atoms with Crippen molar-refractivity contribution in [2.24, 2.45) is 92.7 Å². The van der Waals surface area contributed by atoms with Crippen LogP contribution in [0.25, 0.3) is 0 Å². The molecule has 0 aromatic heterocycles. The quantitative estimate of drug-likeness (QED) is 0.0425. The molecule has 19 atom stereocenters. The van der Waals surface area contributed by atoms with Gasteiger partial charge in [-0.15, -0.1) is 0 Å². The first-order chi connectivity index (χ1) is 37.6. The number of amides is 1. The highest BCUT2D eigenvalue weighted by atomic mass is 16.6. The standard InChI is InChI=1S/C71H119NO7/c1-12-13-14-15-16-17-18-19-20-27-65(75)72-62(67(77)79-64-45-53(74)43-51-29-31-55-59-35-33-57(49(7)26-22-24-47(4)5)69(59,9)41-39-61(55)71(51,64)11)36-37-66(76)78-63-44-52(73)42-50-28-30-54-58-34-32-56(48(6)25-21-23-46(2)3)68(58,8)40-38-60(54)70(50,63)10/h28-29,46-49,52-64,73-74H,12-27,30-45H2,1-11H3,(H,72,75)/t48-,49-,52-,53-,54+,55+,56-,57-,58+,59+,60+,61+,62+,63?,64?,68-,69-,70+,71+/m1/s1. The summed E-state index contributed by atoms with van der Waals surface area (Å²) in [7, 11) is 0. The summed E-state index contributed by atoms with van der Waals surface area (Å²) in [6.07, 6.45) is 35.2. The van der Waals surface area contributed by atoms with Gasteiger partial charge >= 0.3 is 11.9 Å². The molecule has 6 saturated carbocycles. The van der Waals surface area contributed by atoms with Gasteiger partial charge in [0.05, 0.1) is 12.2 Å². The van der Waals surface area contributed by atoms with Crippen molar-refractivity contribution < 1.29 is 34.1 Å². The topological polar surface area (TPSA) is 122 Å². The van der Waals surface area contributed by atoms with Crippen molar-refractivity contribution in [3.05, 3.63) is 23.3 Å². The minimum absolute atomic E-state index is 0.0390. The van der Waals surface area contributed by atoms with E-state index < -0.39 is 41.8 Å². The van der Waals surface area contributed by atoms with E-state index in [2.05, 4.69) is 93.6 Å². The Labute approximate surface area is 483 Å². The van der Waals surface area contributed by atoms with Crippen LogP contribution in [0.1, 0.15) is 282 Å². The lowest BCUT2D eigenvalue weighted by Crippen LogP contribution is -2.57. The molecule has 79 heavy (non-hydrogen) atoms. The van der Waals surface area contributed by atoms with Gasteiger partial charge in [-0.1, -0.05) is 189 Å². The summed E-state index contributed by atoms with van der Waals surface area (Å²) >= 11 is 0. The molecular formula is C71H119NO7. The Morgan fingerprint density at radius 2 is 1.01 bits per heavy atom. The van der Waals surface area contributed by atoms with Crippen LogP contribution in [-0.2, 0) is 23.9 Å². The molecule has 0 radical (unpaired) electrons. The maximum absolute atomic E-state index is 15.0. The van der Waals surface area contributed by atoms with Crippen LogP contribution in [0.3, 0.4) is 0 Å². The number of aliphatic hydroxyl groups is 2. The fraction of sp³-hybridized carbons (Fsp3) is 0.901. The first-order valence-corrected chi connectivity index (χ1v) is 34.1. The molecule has 0 aliphatic heterocycles. The number of hydrogen-bond donors (Lipinski definition) is 3. The predicted octanol–water partition coefficient (Wildman–Crippen LogP) is 17.0. The van der Waals surface area contributed by atoms with Crippen LogP contribution < -0.4 is 5.32 Å². The maximum atomic E-state index is 15.0. The number of ether oxygens (including phenoxy) is 2. The maximum Gasteiger partial charge on any atom is 0.328 e. The first-order valence-electron chi connectivity index (χ1n) is 34.1. The summed E-state index contributed by atoms with van der Waals surface area (Å²) in [6, 6.07) is -1.02. The van der Waals surface area contributed by atoms with Crippen molar-refractivity contribution in [2.45, 2.75) is 312 Å². The highest BCUT2D eigenvalue weighted by Crippen LogP contribution is 2.69. The van der Waals surface area contributed by atoms with Gasteiger partial charge in [-0.3, -0.25) is 9.59 Å².